The van der Waals surface area contributed by atoms with Gasteiger partial charge >= 0.3 is 17.8 Å². The average Bonchev–Trinajstić information content (AvgIpc) is 3.22. The first-order valence-electron chi connectivity index (χ1n) is 11.6. The maximum absolute atomic E-state index is 13.8. The summed E-state index contributed by atoms with van der Waals surface area (Å²) in [5.41, 5.74) is -5.29. The van der Waals surface area contributed by atoms with Crippen molar-refractivity contribution >= 4 is 11.9 Å². The van der Waals surface area contributed by atoms with Gasteiger partial charge in [-0.05, 0) is 32.9 Å². The quantitative estimate of drug-likeness (QED) is 0.413. The lowest BCUT2D eigenvalue weighted by atomic mass is 9.98. The number of esters is 1. The van der Waals surface area contributed by atoms with E-state index in [1.165, 1.54) is 31.2 Å². The molecule has 0 radical (unpaired) electrons. The van der Waals surface area contributed by atoms with Gasteiger partial charge in [0.1, 0.15) is 31.1 Å². The molecule has 1 aromatic heterocycles. The zero-order valence-electron chi connectivity index (χ0n) is 21.2. The minimum absolute atomic E-state index is 0.0523. The van der Waals surface area contributed by atoms with E-state index in [1.54, 1.807) is 6.07 Å². The van der Waals surface area contributed by atoms with E-state index in [4.69, 9.17) is 14.2 Å². The van der Waals surface area contributed by atoms with E-state index in [0.29, 0.717) is 10.8 Å². The molecule has 1 fully saturated rings. The summed E-state index contributed by atoms with van der Waals surface area (Å²) in [4.78, 5) is 50.2. The Bertz CT molecular complexity index is 1360. The molecule has 1 aliphatic heterocycles. The van der Waals surface area contributed by atoms with E-state index in [1.807, 2.05) is 20.8 Å². The molecule has 0 unspecified atom stereocenters. The molecule has 3 atom stereocenters. The van der Waals surface area contributed by atoms with Crippen LogP contribution in [0.15, 0.2) is 46.1 Å². The molecule has 2 aromatic rings. The highest BCUT2D eigenvalue weighted by molar-refractivity contribution is 5.95. The predicted molar refractivity (Wildman–Crippen MR) is 128 cm³/mol. The first-order chi connectivity index (χ1) is 17.7. The first-order valence-corrected chi connectivity index (χ1v) is 11.6. The number of carbonyl (C=O) groups excluding carboxylic acids is 2. The Labute approximate surface area is 216 Å². The van der Waals surface area contributed by atoms with E-state index in [2.05, 4.69) is 11.8 Å². The van der Waals surface area contributed by atoms with Crippen LogP contribution in [0.4, 0.5) is 13.2 Å². The fourth-order valence-corrected chi connectivity index (χ4v) is 3.71. The second kappa shape index (κ2) is 11.4. The lowest BCUT2D eigenvalue weighted by molar-refractivity contribution is -0.148. The van der Waals surface area contributed by atoms with Gasteiger partial charge in [0, 0.05) is 30.5 Å². The van der Waals surface area contributed by atoms with Gasteiger partial charge in [0.15, 0.2) is 0 Å². The van der Waals surface area contributed by atoms with Gasteiger partial charge in [-0.25, -0.2) is 4.79 Å². The number of ether oxygens (including phenoxy) is 3. The second-order valence-corrected chi connectivity index (χ2v) is 9.61. The van der Waals surface area contributed by atoms with Crippen LogP contribution < -0.4 is 11.2 Å². The van der Waals surface area contributed by atoms with Gasteiger partial charge in [-0.15, -0.1) is 0 Å². The largest absolute Gasteiger partial charge is 0.463 e. The average molecular weight is 537 g/mol. The Kier molecular flexibility index (Phi) is 8.64. The van der Waals surface area contributed by atoms with Crippen LogP contribution in [0.3, 0.4) is 0 Å². The Morgan fingerprint density at radius 3 is 2.37 bits per heavy atom. The molecule has 1 saturated heterocycles. The summed E-state index contributed by atoms with van der Waals surface area (Å²) in [5.74, 6) is 3.97. The number of aromatic nitrogens is 2. The molecule has 2 heterocycles. The second-order valence-electron chi connectivity index (χ2n) is 9.61. The van der Waals surface area contributed by atoms with Crippen LogP contribution in [0.5, 0.6) is 0 Å². The van der Waals surface area contributed by atoms with Crippen molar-refractivity contribution in [3.8, 4) is 11.8 Å². The molecule has 9 nitrogen and oxygen atoms in total. The summed E-state index contributed by atoms with van der Waals surface area (Å²) in [7, 11) is 0. The summed E-state index contributed by atoms with van der Waals surface area (Å²) in [6.07, 6.45) is -8.11. The Morgan fingerprint density at radius 2 is 1.79 bits per heavy atom. The number of hydrogen-bond acceptors (Lipinski definition) is 7. The van der Waals surface area contributed by atoms with Crippen LogP contribution in [0.2, 0.25) is 0 Å². The third-order valence-corrected chi connectivity index (χ3v) is 5.42. The highest BCUT2D eigenvalue weighted by Crippen LogP contribution is 2.32. The monoisotopic (exact) mass is 536 g/mol. The molecule has 1 aliphatic rings. The Morgan fingerprint density at radius 1 is 1.13 bits per heavy atom. The fourth-order valence-electron chi connectivity index (χ4n) is 3.71. The number of halogens is 3. The van der Waals surface area contributed by atoms with Crippen LogP contribution in [0.1, 0.15) is 56.3 Å². The van der Waals surface area contributed by atoms with E-state index in [9.17, 15) is 32.3 Å². The maximum atomic E-state index is 13.8. The minimum atomic E-state index is -5.17. The summed E-state index contributed by atoms with van der Waals surface area (Å²) < 4.78 is 58.3. The third kappa shape index (κ3) is 6.99. The van der Waals surface area contributed by atoms with Crippen molar-refractivity contribution in [2.75, 3.05) is 13.2 Å². The van der Waals surface area contributed by atoms with E-state index in [-0.39, 0.29) is 35.2 Å². The first kappa shape index (κ1) is 28.9. The van der Waals surface area contributed by atoms with Gasteiger partial charge in [-0.3, -0.25) is 19.0 Å². The minimum Gasteiger partial charge on any atom is -0.463 e. The van der Waals surface area contributed by atoms with Crippen LogP contribution >= 0.6 is 0 Å². The maximum Gasteiger partial charge on any atom is 0.423 e. The lowest BCUT2D eigenvalue weighted by Gasteiger charge is -2.19. The summed E-state index contributed by atoms with van der Waals surface area (Å²) in [6, 6.07) is 6.97. The van der Waals surface area contributed by atoms with Gasteiger partial charge < -0.3 is 14.2 Å². The van der Waals surface area contributed by atoms with Gasteiger partial charge in [0.25, 0.3) is 11.5 Å². The highest BCUT2D eigenvalue weighted by Gasteiger charge is 2.42. The van der Waals surface area contributed by atoms with Crippen LogP contribution in [-0.4, -0.2) is 46.4 Å². The summed E-state index contributed by atoms with van der Waals surface area (Å²) >= 11 is 0. The SMILES string of the molecule is CC(=O)OC[C@H]1O[C@@H](n2cc(C(F)(F)F)c(=O)n(C(=O)c3ccccc3)c2=O)C[C@@H]1OCC#CC(C)(C)C. The molecule has 38 heavy (non-hydrogen) atoms. The lowest BCUT2D eigenvalue weighted by Crippen LogP contribution is -2.47. The molecule has 3 rings (SSSR count). The van der Waals surface area contributed by atoms with Crippen LogP contribution in [-0.2, 0) is 25.2 Å². The third-order valence-electron chi connectivity index (χ3n) is 5.42. The molecule has 0 aliphatic carbocycles. The smallest absolute Gasteiger partial charge is 0.423 e. The number of benzene rings is 1. The van der Waals surface area contributed by atoms with Gasteiger partial charge in [-0.1, -0.05) is 30.0 Å². The van der Waals surface area contributed by atoms with Crippen molar-refractivity contribution in [3.63, 3.8) is 0 Å². The van der Waals surface area contributed by atoms with Crippen LogP contribution in [0, 0.1) is 17.3 Å². The molecule has 0 bridgehead atoms. The van der Waals surface area contributed by atoms with E-state index >= 15 is 0 Å². The number of hydrogen-bond donors (Lipinski definition) is 0. The fraction of sp³-hybridized carbons (Fsp3) is 0.462. The Balaban J connectivity index is 2.03. The molecular weight excluding hydrogens is 509 g/mol. The van der Waals surface area contributed by atoms with Gasteiger partial charge in [0.05, 0.1) is 6.10 Å². The van der Waals surface area contributed by atoms with Crippen LogP contribution in [0.25, 0.3) is 0 Å². The zero-order valence-corrected chi connectivity index (χ0v) is 21.2. The molecule has 12 heteroatoms. The number of nitrogens with zero attached hydrogens (tertiary/aromatic N) is 2. The summed E-state index contributed by atoms with van der Waals surface area (Å²) in [6.45, 7) is 6.51. The molecule has 0 N–H and O–H groups in total. The van der Waals surface area contributed by atoms with Crippen molar-refractivity contribution in [1.82, 2.24) is 9.13 Å². The normalized spacial score (nSPS) is 19.5. The van der Waals surface area contributed by atoms with Crippen molar-refractivity contribution in [1.29, 1.82) is 0 Å². The Hall–Kier alpha value is -3.69. The van der Waals surface area contributed by atoms with Crippen molar-refractivity contribution in [2.45, 2.75) is 58.7 Å². The standard InChI is InChI=1S/C26H27F3N2O7/c1-16(32)37-15-20-19(36-12-8-11-25(2,3)4)13-21(38-20)30-14-18(26(27,28)29)23(34)31(24(30)35)22(33)17-9-6-5-7-10-17/h5-7,9-10,14,19-21H,12-13,15H2,1-4H3/t19-,20+,21+/m0/s1. The number of carbonyl (C=O) groups is 2. The molecule has 204 valence electrons. The topological polar surface area (TPSA) is 106 Å². The van der Waals surface area contributed by atoms with Crippen molar-refractivity contribution in [3.05, 3.63) is 68.5 Å². The summed E-state index contributed by atoms with van der Waals surface area (Å²) in [5, 5.41) is 0. The molecule has 1 aromatic carbocycles. The van der Waals surface area contributed by atoms with E-state index < -0.39 is 53.3 Å². The molecule has 0 amide bonds. The van der Waals surface area contributed by atoms with E-state index in [0.717, 1.165) is 0 Å². The molecule has 0 saturated carbocycles. The molecular formula is C26H27F3N2O7. The molecule has 0 spiro atoms. The van der Waals surface area contributed by atoms with Crippen molar-refractivity contribution in [2.24, 2.45) is 5.41 Å². The van der Waals surface area contributed by atoms with Gasteiger partial charge in [-0.2, -0.15) is 17.7 Å². The number of rotatable bonds is 6. The van der Waals surface area contributed by atoms with Crippen molar-refractivity contribution < 1.29 is 37.0 Å². The number of alkyl halides is 3. The van der Waals surface area contributed by atoms with Gasteiger partial charge in [0.2, 0.25) is 0 Å². The highest BCUT2D eigenvalue weighted by atomic mass is 19.4. The predicted octanol–water partition coefficient (Wildman–Crippen LogP) is 3.00. The zero-order chi connectivity index (χ0) is 28.3.